The molecule has 1 aliphatic heterocycles. The van der Waals surface area contributed by atoms with Crippen molar-refractivity contribution in [1.29, 1.82) is 0 Å². The van der Waals surface area contributed by atoms with Gasteiger partial charge in [0.25, 0.3) is 11.1 Å². The Kier molecular flexibility index (Phi) is 1.98. The Labute approximate surface area is 97.3 Å². The van der Waals surface area contributed by atoms with Gasteiger partial charge < -0.3 is 0 Å². The second kappa shape index (κ2) is 3.29. The van der Waals surface area contributed by atoms with Crippen LogP contribution in [0.25, 0.3) is 11.2 Å². The molecule has 5 heteroatoms. The Morgan fingerprint density at radius 1 is 1.41 bits per heavy atom. The van der Waals surface area contributed by atoms with Crippen LogP contribution >= 0.6 is 0 Å². The molecule has 3 rings (SSSR count). The third-order valence-electron chi connectivity index (χ3n) is 3.45. The van der Waals surface area contributed by atoms with Gasteiger partial charge in [-0.25, -0.2) is 4.98 Å². The monoisotopic (exact) mass is 231 g/mol. The van der Waals surface area contributed by atoms with Gasteiger partial charge in [0, 0.05) is 12.6 Å². The maximum Gasteiger partial charge on any atom is 0.270 e. The average molecular weight is 231 g/mol. The summed E-state index contributed by atoms with van der Waals surface area (Å²) in [6.07, 6.45) is 2.18. The number of pyridine rings is 1. The fraction of sp³-hybridized carbons (Fsp3) is 0.417. The summed E-state index contributed by atoms with van der Waals surface area (Å²) < 4.78 is 3.36. The molecule has 3 heterocycles. The summed E-state index contributed by atoms with van der Waals surface area (Å²) in [6.45, 7) is 4.45. The van der Waals surface area contributed by atoms with Crippen LogP contribution < -0.4 is 11.1 Å². The number of hydrogen-bond donors (Lipinski definition) is 0. The van der Waals surface area contributed by atoms with Crippen LogP contribution in [0.15, 0.2) is 21.9 Å². The van der Waals surface area contributed by atoms with Crippen molar-refractivity contribution in [3.05, 3.63) is 38.5 Å². The molecule has 0 saturated heterocycles. The van der Waals surface area contributed by atoms with E-state index in [0.717, 1.165) is 17.5 Å². The highest BCUT2D eigenvalue weighted by molar-refractivity contribution is 5.75. The van der Waals surface area contributed by atoms with Crippen LogP contribution in [-0.2, 0) is 6.54 Å². The van der Waals surface area contributed by atoms with Gasteiger partial charge in [0.1, 0.15) is 11.2 Å². The van der Waals surface area contributed by atoms with Crippen molar-refractivity contribution in [2.75, 3.05) is 0 Å². The van der Waals surface area contributed by atoms with Crippen molar-refractivity contribution in [2.24, 2.45) is 0 Å². The van der Waals surface area contributed by atoms with Crippen LogP contribution in [0.3, 0.4) is 0 Å². The van der Waals surface area contributed by atoms with E-state index >= 15 is 0 Å². The minimum absolute atomic E-state index is 0.0490. The molecule has 88 valence electrons. The average Bonchev–Trinajstić information content (AvgIpc) is 2.69. The molecule has 0 N–H and O–H groups in total. The lowest BCUT2D eigenvalue weighted by Gasteiger charge is -2.09. The fourth-order valence-corrected chi connectivity index (χ4v) is 2.56. The molecule has 2 aromatic heterocycles. The first-order valence-electron chi connectivity index (χ1n) is 5.75. The maximum atomic E-state index is 11.9. The van der Waals surface area contributed by atoms with Crippen LogP contribution in [0.5, 0.6) is 0 Å². The highest BCUT2D eigenvalue weighted by Crippen LogP contribution is 2.25. The molecule has 1 atom stereocenters. The molecule has 5 nitrogen and oxygen atoms in total. The van der Waals surface area contributed by atoms with Gasteiger partial charge in [0.2, 0.25) is 0 Å². The molecule has 0 amide bonds. The highest BCUT2D eigenvalue weighted by Gasteiger charge is 2.25. The Balaban J connectivity index is 2.57. The van der Waals surface area contributed by atoms with E-state index in [-0.39, 0.29) is 17.2 Å². The van der Waals surface area contributed by atoms with E-state index in [2.05, 4.69) is 4.98 Å². The molecule has 0 spiro atoms. The molecule has 0 aromatic carbocycles. The number of nitrogens with zero attached hydrogens (tertiary/aromatic N) is 3. The Hall–Kier alpha value is -1.91. The number of aromatic nitrogens is 3. The topological polar surface area (TPSA) is 56.9 Å². The van der Waals surface area contributed by atoms with E-state index in [0.29, 0.717) is 12.2 Å². The zero-order valence-electron chi connectivity index (χ0n) is 9.80. The lowest BCUT2D eigenvalue weighted by Crippen LogP contribution is -2.22. The van der Waals surface area contributed by atoms with Gasteiger partial charge in [-0.05, 0) is 18.9 Å². The molecular weight excluding hydrogens is 218 g/mol. The second-order valence-electron chi connectivity index (χ2n) is 4.48. The van der Waals surface area contributed by atoms with Crippen LogP contribution in [0.1, 0.15) is 24.9 Å². The lowest BCUT2D eigenvalue weighted by molar-refractivity contribution is 0.470. The van der Waals surface area contributed by atoms with Crippen molar-refractivity contribution < 1.29 is 0 Å². The number of aryl methyl sites for hydroxylation is 1. The molecular formula is C12H13N3O2. The first-order valence-corrected chi connectivity index (χ1v) is 5.75. The highest BCUT2D eigenvalue weighted by atomic mass is 16.1. The van der Waals surface area contributed by atoms with Crippen LogP contribution in [0, 0.1) is 6.92 Å². The maximum absolute atomic E-state index is 11.9. The third-order valence-corrected chi connectivity index (χ3v) is 3.45. The second-order valence-corrected chi connectivity index (χ2v) is 4.48. The van der Waals surface area contributed by atoms with Crippen molar-refractivity contribution in [3.63, 3.8) is 0 Å². The van der Waals surface area contributed by atoms with E-state index in [1.165, 1.54) is 6.20 Å². The quantitative estimate of drug-likeness (QED) is 0.730. The Morgan fingerprint density at radius 3 is 2.88 bits per heavy atom. The van der Waals surface area contributed by atoms with Crippen LogP contribution in [0.4, 0.5) is 0 Å². The number of hydrogen-bond acceptors (Lipinski definition) is 3. The first-order chi connectivity index (χ1) is 8.13. The molecule has 1 aliphatic rings. The Morgan fingerprint density at radius 2 is 2.18 bits per heavy atom. The van der Waals surface area contributed by atoms with Crippen molar-refractivity contribution in [1.82, 2.24) is 14.1 Å². The zero-order valence-corrected chi connectivity index (χ0v) is 9.80. The van der Waals surface area contributed by atoms with Crippen LogP contribution in [0.2, 0.25) is 0 Å². The van der Waals surface area contributed by atoms with Gasteiger partial charge in [0.05, 0.1) is 12.2 Å². The first kappa shape index (κ1) is 10.3. The zero-order chi connectivity index (χ0) is 12.2. The third kappa shape index (κ3) is 1.22. The number of rotatable bonds is 1. The smallest absolute Gasteiger partial charge is 0.270 e. The van der Waals surface area contributed by atoms with Gasteiger partial charge >= 0.3 is 0 Å². The largest absolute Gasteiger partial charge is 0.291 e. The van der Waals surface area contributed by atoms with E-state index in [9.17, 15) is 9.59 Å². The van der Waals surface area contributed by atoms with Gasteiger partial charge in [-0.2, -0.15) is 0 Å². The molecule has 0 saturated carbocycles. The van der Waals surface area contributed by atoms with E-state index in [1.54, 1.807) is 15.2 Å². The standard InChI is InChI=1S/C12H13N3O2/c1-3-8-6-14-9(16)4-7(2)11-12(14)15(8)10(17)5-13-11/h4-5,8H,3,6H2,1-2H3. The van der Waals surface area contributed by atoms with E-state index < -0.39 is 0 Å². The molecule has 0 aliphatic carbocycles. The molecule has 0 fully saturated rings. The summed E-state index contributed by atoms with van der Waals surface area (Å²) in [6, 6.07) is 1.66. The minimum Gasteiger partial charge on any atom is -0.291 e. The predicted octanol–water partition coefficient (Wildman–Crippen LogP) is 0.831. The normalized spacial score (nSPS) is 17.9. The minimum atomic E-state index is -0.124. The molecule has 17 heavy (non-hydrogen) atoms. The summed E-state index contributed by atoms with van der Waals surface area (Å²) in [5.41, 5.74) is 2.08. The van der Waals surface area contributed by atoms with Crippen molar-refractivity contribution >= 4 is 11.2 Å². The Bertz CT molecular complexity index is 727. The van der Waals surface area contributed by atoms with Gasteiger partial charge in [-0.3, -0.25) is 18.7 Å². The molecule has 2 aromatic rings. The summed E-state index contributed by atoms with van der Waals surface area (Å²) in [5, 5.41) is 0. The molecule has 0 radical (unpaired) electrons. The summed E-state index contributed by atoms with van der Waals surface area (Å²) >= 11 is 0. The lowest BCUT2D eigenvalue weighted by atomic mass is 10.2. The fourth-order valence-electron chi connectivity index (χ4n) is 2.56. The summed E-state index contributed by atoms with van der Waals surface area (Å²) in [4.78, 5) is 27.9. The van der Waals surface area contributed by atoms with Gasteiger partial charge in [-0.15, -0.1) is 0 Å². The summed E-state index contributed by atoms with van der Waals surface area (Å²) in [5.74, 6) is 0. The molecule has 1 unspecified atom stereocenters. The van der Waals surface area contributed by atoms with Gasteiger partial charge in [-0.1, -0.05) is 6.92 Å². The van der Waals surface area contributed by atoms with E-state index in [4.69, 9.17) is 0 Å². The SMILES string of the molecule is CCC1Cn2c(=O)cc(C)c3ncc(=O)n1c32. The van der Waals surface area contributed by atoms with Gasteiger partial charge in [0.15, 0.2) is 0 Å². The molecule has 0 bridgehead atoms. The summed E-state index contributed by atoms with van der Waals surface area (Å²) in [7, 11) is 0. The van der Waals surface area contributed by atoms with Crippen LogP contribution in [-0.4, -0.2) is 14.1 Å². The van der Waals surface area contributed by atoms with Crippen molar-refractivity contribution in [3.8, 4) is 0 Å². The van der Waals surface area contributed by atoms with E-state index in [1.807, 2.05) is 13.8 Å². The predicted molar refractivity (Wildman–Crippen MR) is 64.3 cm³/mol. The van der Waals surface area contributed by atoms with Crippen molar-refractivity contribution in [2.45, 2.75) is 32.9 Å².